The summed E-state index contributed by atoms with van der Waals surface area (Å²) in [6.45, 7) is 4.96. The van der Waals surface area contributed by atoms with Gasteiger partial charge in [0.15, 0.2) is 0 Å². The molecule has 8 nitrogen and oxygen atoms in total. The van der Waals surface area contributed by atoms with Crippen LogP contribution in [0.15, 0.2) is 70.7 Å². The highest BCUT2D eigenvalue weighted by Gasteiger charge is 2.19. The van der Waals surface area contributed by atoms with Crippen molar-refractivity contribution in [1.82, 2.24) is 9.78 Å². The molecule has 0 saturated carbocycles. The lowest BCUT2D eigenvalue weighted by atomic mass is 10.2. The summed E-state index contributed by atoms with van der Waals surface area (Å²) in [6, 6.07) is 16.7. The minimum atomic E-state index is -4.13. The molecule has 0 aliphatic carbocycles. The number of benzene rings is 2. The van der Waals surface area contributed by atoms with Crippen LogP contribution in [0.1, 0.15) is 23.7 Å². The molecule has 150 valence electrons. The van der Waals surface area contributed by atoms with E-state index < -0.39 is 10.1 Å². The first-order valence-corrected chi connectivity index (χ1v) is 10.2. The Morgan fingerprint density at radius 2 is 1.72 bits per heavy atom. The number of anilines is 1. The van der Waals surface area contributed by atoms with Gasteiger partial charge in [-0.2, -0.15) is 18.2 Å². The van der Waals surface area contributed by atoms with Gasteiger partial charge in [-0.3, -0.25) is 9.08 Å². The van der Waals surface area contributed by atoms with Crippen LogP contribution in [0, 0.1) is 13.8 Å². The molecule has 0 saturated heterocycles. The van der Waals surface area contributed by atoms with Gasteiger partial charge in [-0.15, -0.1) is 0 Å². The van der Waals surface area contributed by atoms with Gasteiger partial charge in [0.25, 0.3) is 0 Å². The smallest absolute Gasteiger partial charge is 0.311 e. The third-order valence-corrected chi connectivity index (χ3v) is 5.02. The summed E-state index contributed by atoms with van der Waals surface area (Å²) in [5.41, 5.74) is 2.09. The number of nitrogens with one attached hydrogen (secondary N) is 1. The van der Waals surface area contributed by atoms with Crippen molar-refractivity contribution in [2.24, 2.45) is 5.16 Å². The summed E-state index contributed by atoms with van der Waals surface area (Å²) in [7, 11) is -4.13. The van der Waals surface area contributed by atoms with Crippen LogP contribution in [-0.4, -0.2) is 29.9 Å². The molecule has 3 rings (SSSR count). The van der Waals surface area contributed by atoms with Crippen LogP contribution < -0.4 is 5.32 Å². The molecule has 0 unspecified atom stereocenters. The number of nitrogens with zero attached hydrogens (tertiary/aromatic N) is 3. The zero-order valence-corrected chi connectivity index (χ0v) is 17.0. The third-order valence-electron chi connectivity index (χ3n) is 3.90. The highest BCUT2D eigenvalue weighted by atomic mass is 32.2. The number of hydrogen-bond donors (Lipinski definition) is 1. The topological polar surface area (TPSA) is 103 Å². The van der Waals surface area contributed by atoms with Crippen LogP contribution in [0.4, 0.5) is 5.82 Å². The van der Waals surface area contributed by atoms with E-state index in [0.717, 1.165) is 5.56 Å². The maximum Gasteiger partial charge on any atom is 0.358 e. The highest BCUT2D eigenvalue weighted by Crippen LogP contribution is 2.17. The summed E-state index contributed by atoms with van der Waals surface area (Å²) in [5.74, 6) is 0.152. The van der Waals surface area contributed by atoms with E-state index in [0.29, 0.717) is 17.1 Å². The molecule has 1 aromatic heterocycles. The van der Waals surface area contributed by atoms with E-state index in [1.165, 1.54) is 23.7 Å². The SMILES string of the molecule is CC(=O)Nc1cc(C)nn1/C(=N/OS(=O)(=O)c1ccc(C)cc1)c1ccccc1. The Balaban J connectivity index is 2.06. The van der Waals surface area contributed by atoms with Crippen LogP contribution in [0.5, 0.6) is 0 Å². The number of aromatic nitrogens is 2. The van der Waals surface area contributed by atoms with Gasteiger partial charge in [0.1, 0.15) is 10.7 Å². The van der Waals surface area contributed by atoms with Crippen molar-refractivity contribution in [2.45, 2.75) is 25.7 Å². The van der Waals surface area contributed by atoms with Gasteiger partial charge in [-0.25, -0.2) is 0 Å². The number of amides is 1. The fraction of sp³-hybridized carbons (Fsp3) is 0.150. The van der Waals surface area contributed by atoms with Crippen molar-refractivity contribution in [3.05, 3.63) is 77.5 Å². The van der Waals surface area contributed by atoms with E-state index in [9.17, 15) is 13.2 Å². The first kappa shape index (κ1) is 20.3. The molecule has 2 aromatic carbocycles. The van der Waals surface area contributed by atoms with E-state index in [1.807, 2.05) is 13.0 Å². The van der Waals surface area contributed by atoms with E-state index >= 15 is 0 Å². The molecule has 0 spiro atoms. The monoisotopic (exact) mass is 412 g/mol. The molecule has 0 radical (unpaired) electrons. The van der Waals surface area contributed by atoms with Gasteiger partial charge in [-0.1, -0.05) is 48.0 Å². The van der Waals surface area contributed by atoms with E-state index in [-0.39, 0.29) is 16.6 Å². The van der Waals surface area contributed by atoms with Gasteiger partial charge in [-0.05, 0) is 31.1 Å². The normalized spacial score (nSPS) is 11.9. The van der Waals surface area contributed by atoms with Crippen LogP contribution in [0.25, 0.3) is 0 Å². The molecular formula is C20H20N4O4S. The summed E-state index contributed by atoms with van der Waals surface area (Å²) >= 11 is 0. The first-order valence-electron chi connectivity index (χ1n) is 8.74. The fourth-order valence-corrected chi connectivity index (χ4v) is 3.29. The minimum Gasteiger partial charge on any atom is -0.311 e. The summed E-state index contributed by atoms with van der Waals surface area (Å²) in [6.07, 6.45) is 0. The molecule has 9 heteroatoms. The lowest BCUT2D eigenvalue weighted by molar-refractivity contribution is -0.114. The molecule has 0 atom stereocenters. The summed E-state index contributed by atoms with van der Waals surface area (Å²) < 4.78 is 31.4. The molecule has 1 heterocycles. The number of carbonyl (C=O) groups excluding carboxylic acids is 1. The number of aryl methyl sites for hydroxylation is 2. The molecular weight excluding hydrogens is 392 g/mol. The number of rotatable bonds is 5. The maximum atomic E-state index is 12.5. The zero-order chi connectivity index (χ0) is 21.0. The fourth-order valence-electron chi connectivity index (χ4n) is 2.56. The largest absolute Gasteiger partial charge is 0.358 e. The lowest BCUT2D eigenvalue weighted by Crippen LogP contribution is -2.21. The van der Waals surface area contributed by atoms with Crippen molar-refractivity contribution in [1.29, 1.82) is 0 Å². The van der Waals surface area contributed by atoms with Gasteiger partial charge in [0, 0.05) is 18.6 Å². The Morgan fingerprint density at radius 3 is 2.34 bits per heavy atom. The van der Waals surface area contributed by atoms with Crippen molar-refractivity contribution in [3.8, 4) is 0 Å². The average Bonchev–Trinajstić information content (AvgIpc) is 3.02. The van der Waals surface area contributed by atoms with Gasteiger partial charge in [0.05, 0.1) is 5.69 Å². The van der Waals surface area contributed by atoms with Gasteiger partial charge >= 0.3 is 10.1 Å². The highest BCUT2D eigenvalue weighted by molar-refractivity contribution is 7.86. The Labute approximate surface area is 168 Å². The molecule has 3 aromatic rings. The summed E-state index contributed by atoms with van der Waals surface area (Å²) in [4.78, 5) is 11.5. The van der Waals surface area contributed by atoms with E-state index in [1.54, 1.807) is 49.4 Å². The molecule has 1 amide bonds. The van der Waals surface area contributed by atoms with Gasteiger partial charge in [0.2, 0.25) is 11.7 Å². The number of oxime groups is 1. The predicted molar refractivity (Wildman–Crippen MR) is 109 cm³/mol. The Kier molecular flexibility index (Phi) is 5.79. The second-order valence-corrected chi connectivity index (χ2v) is 7.92. The first-order chi connectivity index (χ1) is 13.8. The molecule has 0 aliphatic rings. The van der Waals surface area contributed by atoms with Crippen molar-refractivity contribution in [2.75, 3.05) is 5.32 Å². The van der Waals surface area contributed by atoms with Crippen molar-refractivity contribution >= 4 is 27.7 Å². The minimum absolute atomic E-state index is 0.0157. The predicted octanol–water partition coefficient (Wildman–Crippen LogP) is 3.07. The summed E-state index contributed by atoms with van der Waals surface area (Å²) in [5, 5.41) is 10.9. The van der Waals surface area contributed by atoms with Crippen molar-refractivity contribution < 1.29 is 17.5 Å². The number of hydrogen-bond acceptors (Lipinski definition) is 6. The molecule has 1 N–H and O–H groups in total. The molecule has 0 bridgehead atoms. The second kappa shape index (κ2) is 8.27. The standard InChI is InChI=1S/C20H20N4O4S/c1-14-9-11-18(12-10-14)29(26,27)28-23-20(17-7-5-4-6-8-17)24-19(21-16(3)25)13-15(2)22-24/h4-13H,1-3H3,(H,21,25)/b23-20+. The van der Waals surface area contributed by atoms with Crippen molar-refractivity contribution in [3.63, 3.8) is 0 Å². The molecule has 0 fully saturated rings. The third kappa shape index (κ3) is 4.88. The van der Waals surface area contributed by atoms with Crippen LogP contribution in [0.3, 0.4) is 0 Å². The Hall–Kier alpha value is -3.46. The quantitative estimate of drug-likeness (QED) is 0.394. The van der Waals surface area contributed by atoms with Crippen LogP contribution >= 0.6 is 0 Å². The van der Waals surface area contributed by atoms with E-state index in [2.05, 4.69) is 15.6 Å². The maximum absolute atomic E-state index is 12.5. The second-order valence-electron chi connectivity index (χ2n) is 6.39. The van der Waals surface area contributed by atoms with Gasteiger partial charge < -0.3 is 5.32 Å². The molecule has 29 heavy (non-hydrogen) atoms. The number of carbonyl (C=O) groups is 1. The average molecular weight is 412 g/mol. The lowest BCUT2D eigenvalue weighted by Gasteiger charge is -2.11. The molecule has 0 aliphatic heterocycles. The Bertz CT molecular complexity index is 1150. The van der Waals surface area contributed by atoms with Crippen LogP contribution in [-0.2, 0) is 19.2 Å². The Morgan fingerprint density at radius 1 is 1.07 bits per heavy atom. The van der Waals surface area contributed by atoms with Crippen LogP contribution in [0.2, 0.25) is 0 Å². The van der Waals surface area contributed by atoms with E-state index in [4.69, 9.17) is 4.28 Å². The zero-order valence-electron chi connectivity index (χ0n) is 16.2.